The molecule has 0 radical (unpaired) electrons. The summed E-state index contributed by atoms with van der Waals surface area (Å²) in [6, 6.07) is 16.6. The van der Waals surface area contributed by atoms with Crippen molar-refractivity contribution >= 4 is 27.7 Å². The molecule has 0 spiro atoms. The highest BCUT2D eigenvalue weighted by molar-refractivity contribution is 9.10. The third-order valence-electron chi connectivity index (χ3n) is 4.31. The third kappa shape index (κ3) is 5.36. The van der Waals surface area contributed by atoms with Gasteiger partial charge in [0.05, 0.1) is 0 Å². The molecule has 3 rings (SSSR count). The Balaban J connectivity index is 1.62. The molecular weight excluding hydrogens is 422 g/mol. The maximum absolute atomic E-state index is 5.92. The van der Waals surface area contributed by atoms with E-state index in [4.69, 9.17) is 4.74 Å². The quantitative estimate of drug-likeness (QED) is 0.395. The highest BCUT2D eigenvalue weighted by atomic mass is 79.9. The average Bonchev–Trinajstić information content (AvgIpc) is 3.08. The summed E-state index contributed by atoms with van der Waals surface area (Å²) in [5, 5.41) is 9.61. The fourth-order valence-corrected chi connectivity index (χ4v) is 3.92. The lowest BCUT2D eigenvalue weighted by Gasteiger charge is -2.10. The summed E-state index contributed by atoms with van der Waals surface area (Å²) < 4.78 is 9.13. The van der Waals surface area contributed by atoms with Crippen molar-refractivity contribution in [3.05, 3.63) is 70.0 Å². The van der Waals surface area contributed by atoms with Gasteiger partial charge in [0.15, 0.2) is 11.0 Å². The van der Waals surface area contributed by atoms with Gasteiger partial charge in [0.2, 0.25) is 0 Å². The Morgan fingerprint density at radius 1 is 1.04 bits per heavy atom. The Bertz CT molecular complexity index is 860. The third-order valence-corrected chi connectivity index (χ3v) is 5.87. The number of hydrogen-bond acceptors (Lipinski definition) is 4. The predicted octanol–water partition coefficient (Wildman–Crippen LogP) is 6.06. The molecule has 142 valence electrons. The second kappa shape index (κ2) is 9.42. The van der Waals surface area contributed by atoms with Crippen molar-refractivity contribution in [3.63, 3.8) is 0 Å². The maximum Gasteiger partial charge on any atom is 0.191 e. The number of hydrogen-bond donors (Lipinski definition) is 0. The van der Waals surface area contributed by atoms with Crippen molar-refractivity contribution in [2.45, 2.75) is 50.8 Å². The first kappa shape index (κ1) is 20.0. The Kier molecular flexibility index (Phi) is 6.96. The molecule has 0 unspecified atom stereocenters. The van der Waals surface area contributed by atoms with Crippen LogP contribution in [-0.2, 0) is 18.9 Å². The molecule has 0 aliphatic rings. The summed E-state index contributed by atoms with van der Waals surface area (Å²) in [5.74, 6) is 3.09. The van der Waals surface area contributed by atoms with E-state index in [9.17, 15) is 0 Å². The lowest BCUT2D eigenvalue weighted by atomic mass is 10.0. The number of halogens is 1. The molecule has 0 N–H and O–H groups in total. The highest BCUT2D eigenvalue weighted by Gasteiger charge is 2.12. The van der Waals surface area contributed by atoms with Crippen LogP contribution in [0.5, 0.6) is 5.75 Å². The molecule has 1 aromatic heterocycles. The number of nitrogens with zero attached hydrogens (tertiary/aromatic N) is 3. The fraction of sp³-hybridized carbons (Fsp3) is 0.333. The van der Waals surface area contributed by atoms with E-state index in [1.54, 1.807) is 11.8 Å². The Labute approximate surface area is 173 Å². The zero-order valence-corrected chi connectivity index (χ0v) is 18.3. The SMILES string of the molecule is CCn1c(COc2ccc(C(C)C)cc2)nnc1SCc1ccc(Br)cc1. The number of benzene rings is 2. The Morgan fingerprint density at radius 3 is 2.37 bits per heavy atom. The van der Waals surface area contributed by atoms with Crippen LogP contribution in [0, 0.1) is 0 Å². The molecule has 1 heterocycles. The summed E-state index contributed by atoms with van der Waals surface area (Å²) in [6.07, 6.45) is 0. The summed E-state index contributed by atoms with van der Waals surface area (Å²) >= 11 is 5.16. The lowest BCUT2D eigenvalue weighted by molar-refractivity contribution is 0.288. The van der Waals surface area contributed by atoms with Crippen LogP contribution in [0.1, 0.15) is 43.6 Å². The van der Waals surface area contributed by atoms with Gasteiger partial charge in [-0.15, -0.1) is 10.2 Å². The average molecular weight is 446 g/mol. The van der Waals surface area contributed by atoms with Crippen molar-refractivity contribution in [3.8, 4) is 5.75 Å². The van der Waals surface area contributed by atoms with E-state index in [0.29, 0.717) is 12.5 Å². The molecule has 27 heavy (non-hydrogen) atoms. The van der Waals surface area contributed by atoms with E-state index in [-0.39, 0.29) is 0 Å². The Hall–Kier alpha value is -1.79. The molecule has 0 saturated heterocycles. The van der Waals surface area contributed by atoms with Gasteiger partial charge < -0.3 is 9.30 Å². The first-order valence-electron chi connectivity index (χ1n) is 9.09. The zero-order chi connectivity index (χ0) is 19.2. The smallest absolute Gasteiger partial charge is 0.191 e. The van der Waals surface area contributed by atoms with Gasteiger partial charge >= 0.3 is 0 Å². The monoisotopic (exact) mass is 445 g/mol. The van der Waals surface area contributed by atoms with Crippen molar-refractivity contribution in [1.29, 1.82) is 0 Å². The van der Waals surface area contributed by atoms with Gasteiger partial charge in [-0.1, -0.05) is 65.8 Å². The van der Waals surface area contributed by atoms with E-state index in [2.05, 4.69) is 87.9 Å². The number of rotatable bonds is 8. The molecule has 0 saturated carbocycles. The maximum atomic E-state index is 5.92. The van der Waals surface area contributed by atoms with E-state index in [1.165, 1.54) is 11.1 Å². The van der Waals surface area contributed by atoms with Crippen molar-refractivity contribution in [1.82, 2.24) is 14.8 Å². The fourth-order valence-electron chi connectivity index (χ4n) is 2.68. The first-order chi connectivity index (χ1) is 13.1. The van der Waals surface area contributed by atoms with Crippen LogP contribution in [0.15, 0.2) is 58.2 Å². The molecule has 4 nitrogen and oxygen atoms in total. The van der Waals surface area contributed by atoms with E-state index >= 15 is 0 Å². The lowest BCUT2D eigenvalue weighted by Crippen LogP contribution is -2.07. The van der Waals surface area contributed by atoms with Crippen LogP contribution >= 0.6 is 27.7 Å². The molecular formula is C21H24BrN3OS. The molecule has 0 aliphatic carbocycles. The van der Waals surface area contributed by atoms with Crippen molar-refractivity contribution in [2.24, 2.45) is 0 Å². The Morgan fingerprint density at radius 2 is 1.74 bits per heavy atom. The highest BCUT2D eigenvalue weighted by Crippen LogP contribution is 2.24. The molecule has 0 atom stereocenters. The van der Waals surface area contributed by atoms with Gasteiger partial charge in [-0.2, -0.15) is 0 Å². The van der Waals surface area contributed by atoms with Crippen LogP contribution < -0.4 is 4.74 Å². The van der Waals surface area contributed by atoms with Crippen molar-refractivity contribution in [2.75, 3.05) is 0 Å². The van der Waals surface area contributed by atoms with Gasteiger partial charge in [-0.05, 0) is 48.2 Å². The van der Waals surface area contributed by atoms with Crippen LogP contribution in [0.3, 0.4) is 0 Å². The standard InChI is InChI=1S/C21H24BrN3OS/c1-4-25-20(13-26-19-11-7-17(8-12-19)15(2)3)23-24-21(25)27-14-16-5-9-18(22)10-6-16/h5-12,15H,4,13-14H2,1-3H3. The summed E-state index contributed by atoms with van der Waals surface area (Å²) in [6.45, 7) is 7.72. The second-order valence-electron chi connectivity index (χ2n) is 6.57. The molecule has 2 aromatic carbocycles. The molecule has 0 aliphatic heterocycles. The molecule has 0 bridgehead atoms. The zero-order valence-electron chi connectivity index (χ0n) is 15.9. The van der Waals surface area contributed by atoms with Crippen LogP contribution in [0.25, 0.3) is 0 Å². The number of ether oxygens (including phenoxy) is 1. The molecule has 0 fully saturated rings. The molecule has 0 amide bonds. The van der Waals surface area contributed by atoms with Crippen molar-refractivity contribution < 1.29 is 4.74 Å². The predicted molar refractivity (Wildman–Crippen MR) is 114 cm³/mol. The van der Waals surface area contributed by atoms with E-state index < -0.39 is 0 Å². The van der Waals surface area contributed by atoms with Gasteiger partial charge in [0.1, 0.15) is 12.4 Å². The van der Waals surface area contributed by atoms with Gasteiger partial charge in [0, 0.05) is 16.8 Å². The van der Waals surface area contributed by atoms with Crippen LogP contribution in [0.2, 0.25) is 0 Å². The van der Waals surface area contributed by atoms with E-state index in [1.807, 2.05) is 12.1 Å². The first-order valence-corrected chi connectivity index (χ1v) is 10.9. The minimum absolute atomic E-state index is 0.417. The summed E-state index contributed by atoms with van der Waals surface area (Å²) in [5.41, 5.74) is 2.57. The van der Waals surface area contributed by atoms with Gasteiger partial charge in [-0.25, -0.2) is 0 Å². The van der Waals surface area contributed by atoms with Gasteiger partial charge in [0.25, 0.3) is 0 Å². The van der Waals surface area contributed by atoms with Crippen LogP contribution in [0.4, 0.5) is 0 Å². The molecule has 6 heteroatoms. The van der Waals surface area contributed by atoms with E-state index in [0.717, 1.165) is 33.5 Å². The minimum Gasteiger partial charge on any atom is -0.486 e. The second-order valence-corrected chi connectivity index (χ2v) is 8.43. The summed E-state index contributed by atoms with van der Waals surface area (Å²) in [4.78, 5) is 0. The normalized spacial score (nSPS) is 11.1. The van der Waals surface area contributed by atoms with Gasteiger partial charge in [-0.3, -0.25) is 0 Å². The molecule has 3 aromatic rings. The number of aromatic nitrogens is 3. The summed E-state index contributed by atoms with van der Waals surface area (Å²) in [7, 11) is 0. The number of thioether (sulfide) groups is 1. The minimum atomic E-state index is 0.417. The van der Waals surface area contributed by atoms with Crippen LogP contribution in [-0.4, -0.2) is 14.8 Å². The topological polar surface area (TPSA) is 39.9 Å². The largest absolute Gasteiger partial charge is 0.486 e.